The van der Waals surface area contributed by atoms with Crippen molar-refractivity contribution in [2.75, 3.05) is 6.61 Å². The number of hydrogen-bond donors (Lipinski definition) is 1. The molecule has 0 spiro atoms. The molecule has 2 aromatic carbocycles. The first-order valence-corrected chi connectivity index (χ1v) is 8.58. The predicted molar refractivity (Wildman–Crippen MR) is 97.4 cm³/mol. The Hall–Kier alpha value is -2.14. The molecule has 0 aliphatic rings. The lowest BCUT2D eigenvalue weighted by Gasteiger charge is -2.15. The van der Waals surface area contributed by atoms with Crippen molar-refractivity contribution in [3.63, 3.8) is 0 Å². The molecule has 5 heteroatoms. The van der Waals surface area contributed by atoms with Crippen LogP contribution in [0.2, 0.25) is 0 Å². The van der Waals surface area contributed by atoms with E-state index in [1.165, 1.54) is 5.56 Å². The van der Waals surface area contributed by atoms with Crippen molar-refractivity contribution >= 4 is 28.1 Å². The Bertz CT molecular complexity index is 713. The summed E-state index contributed by atoms with van der Waals surface area (Å²) < 4.78 is 6.24. The molecule has 2 rings (SSSR count). The molecule has 0 aliphatic heterocycles. The number of hydrogen-bond acceptors (Lipinski definition) is 3. The summed E-state index contributed by atoms with van der Waals surface area (Å²) in [7, 11) is 0. The van der Waals surface area contributed by atoms with E-state index in [1.54, 1.807) is 18.2 Å². The van der Waals surface area contributed by atoms with Crippen molar-refractivity contribution < 1.29 is 14.3 Å². The largest absolute Gasteiger partial charge is 0.483 e. The van der Waals surface area contributed by atoms with Gasteiger partial charge >= 0.3 is 0 Å². The number of aryl methyl sites for hydroxylation is 1. The van der Waals surface area contributed by atoms with Crippen LogP contribution in [0.15, 0.2) is 46.9 Å². The number of halogens is 1. The van der Waals surface area contributed by atoms with Crippen LogP contribution in [0.5, 0.6) is 5.75 Å². The Kier molecular flexibility index (Phi) is 6.55. The van der Waals surface area contributed by atoms with Gasteiger partial charge in [-0.3, -0.25) is 9.59 Å². The molecule has 0 heterocycles. The molecule has 1 atom stereocenters. The van der Waals surface area contributed by atoms with Crippen molar-refractivity contribution in [1.82, 2.24) is 5.32 Å². The van der Waals surface area contributed by atoms with Crippen molar-refractivity contribution in [1.29, 1.82) is 0 Å². The van der Waals surface area contributed by atoms with E-state index < -0.39 is 0 Å². The Labute approximate surface area is 150 Å². The molecule has 0 aromatic heterocycles. The highest BCUT2D eigenvalue weighted by Gasteiger charge is 2.11. The van der Waals surface area contributed by atoms with Gasteiger partial charge < -0.3 is 10.1 Å². The van der Waals surface area contributed by atoms with Crippen molar-refractivity contribution in [3.05, 3.63) is 63.6 Å². The Morgan fingerprint density at radius 2 is 1.96 bits per heavy atom. The number of nitrogens with one attached hydrogen (secondary N) is 1. The van der Waals surface area contributed by atoms with Gasteiger partial charge in [-0.25, -0.2) is 0 Å². The second-order valence-electron chi connectivity index (χ2n) is 5.47. The fourth-order valence-corrected chi connectivity index (χ4v) is 2.67. The molecular weight excluding hydrogens is 370 g/mol. The first-order valence-electron chi connectivity index (χ1n) is 7.79. The molecule has 4 nitrogen and oxygen atoms in total. The van der Waals surface area contributed by atoms with Gasteiger partial charge in [0.2, 0.25) is 0 Å². The van der Waals surface area contributed by atoms with Gasteiger partial charge in [0.05, 0.1) is 11.6 Å². The predicted octanol–water partition coefficient (Wildman–Crippen LogP) is 4.08. The number of benzene rings is 2. The first kappa shape index (κ1) is 18.2. The molecule has 0 saturated carbocycles. The summed E-state index contributed by atoms with van der Waals surface area (Å²) in [6, 6.07) is 13.1. The second kappa shape index (κ2) is 8.64. The minimum atomic E-state index is -0.234. The van der Waals surface area contributed by atoms with Crippen LogP contribution >= 0.6 is 15.9 Å². The average molecular weight is 390 g/mol. The zero-order valence-electron chi connectivity index (χ0n) is 13.7. The third kappa shape index (κ3) is 4.93. The highest BCUT2D eigenvalue weighted by Crippen LogP contribution is 2.21. The van der Waals surface area contributed by atoms with Gasteiger partial charge in [0, 0.05) is 4.47 Å². The molecule has 0 saturated heterocycles. The third-order valence-electron chi connectivity index (χ3n) is 3.72. The molecule has 0 bridgehead atoms. The summed E-state index contributed by atoms with van der Waals surface area (Å²) in [6.45, 7) is 3.89. The smallest absolute Gasteiger partial charge is 0.258 e. The summed E-state index contributed by atoms with van der Waals surface area (Å²) in [4.78, 5) is 23.1. The molecule has 0 aliphatic carbocycles. The van der Waals surface area contributed by atoms with Crippen LogP contribution in [0.25, 0.3) is 0 Å². The van der Waals surface area contributed by atoms with Crippen LogP contribution in [0, 0.1) is 0 Å². The molecule has 126 valence electrons. The van der Waals surface area contributed by atoms with Crippen LogP contribution in [0.1, 0.15) is 41.4 Å². The second-order valence-corrected chi connectivity index (χ2v) is 6.39. The SMILES string of the molecule is CCc1ccc([C@H](C)NC(=O)COc2ccc(Br)cc2C=O)cc1. The van der Waals surface area contributed by atoms with Crippen molar-refractivity contribution in [2.45, 2.75) is 26.3 Å². The van der Waals surface area contributed by atoms with E-state index in [2.05, 4.69) is 40.3 Å². The summed E-state index contributed by atoms with van der Waals surface area (Å²) in [5.74, 6) is 0.158. The van der Waals surface area contributed by atoms with E-state index in [1.807, 2.05) is 19.1 Å². The van der Waals surface area contributed by atoms with Gasteiger partial charge in [0.1, 0.15) is 5.75 Å². The normalized spacial score (nSPS) is 11.6. The Morgan fingerprint density at radius 3 is 2.58 bits per heavy atom. The maximum Gasteiger partial charge on any atom is 0.258 e. The lowest BCUT2D eigenvalue weighted by molar-refractivity contribution is -0.123. The quantitative estimate of drug-likeness (QED) is 0.725. The van der Waals surface area contributed by atoms with E-state index in [9.17, 15) is 9.59 Å². The van der Waals surface area contributed by atoms with Crippen LogP contribution in [-0.2, 0) is 11.2 Å². The zero-order valence-corrected chi connectivity index (χ0v) is 15.3. The number of rotatable bonds is 7. The van der Waals surface area contributed by atoms with E-state index in [4.69, 9.17) is 4.74 Å². The van der Waals surface area contributed by atoms with Crippen LogP contribution in [0.4, 0.5) is 0 Å². The van der Waals surface area contributed by atoms with Crippen LogP contribution in [-0.4, -0.2) is 18.8 Å². The van der Waals surface area contributed by atoms with Gasteiger partial charge in [-0.05, 0) is 42.7 Å². The fourth-order valence-electron chi connectivity index (χ4n) is 2.29. The van der Waals surface area contributed by atoms with E-state index >= 15 is 0 Å². The monoisotopic (exact) mass is 389 g/mol. The average Bonchev–Trinajstić information content (AvgIpc) is 2.60. The molecular formula is C19H20BrNO3. The maximum atomic E-state index is 12.1. The molecule has 0 unspecified atom stereocenters. The molecule has 1 amide bonds. The highest BCUT2D eigenvalue weighted by molar-refractivity contribution is 9.10. The van der Waals surface area contributed by atoms with Gasteiger partial charge in [-0.1, -0.05) is 47.1 Å². The molecule has 1 N–H and O–H groups in total. The molecule has 24 heavy (non-hydrogen) atoms. The Balaban J connectivity index is 1.91. The van der Waals surface area contributed by atoms with Gasteiger partial charge in [0.25, 0.3) is 5.91 Å². The highest BCUT2D eigenvalue weighted by atomic mass is 79.9. The standard InChI is InChI=1S/C19H20BrNO3/c1-3-14-4-6-15(7-5-14)13(2)21-19(23)12-24-18-9-8-17(20)10-16(18)11-22/h4-11,13H,3,12H2,1-2H3,(H,21,23)/t13-/m0/s1. The summed E-state index contributed by atoms with van der Waals surface area (Å²) in [5, 5.41) is 2.89. The van der Waals surface area contributed by atoms with E-state index in [0.717, 1.165) is 16.5 Å². The number of ether oxygens (including phenoxy) is 1. The molecule has 0 radical (unpaired) electrons. The van der Waals surface area contributed by atoms with Gasteiger partial charge in [-0.15, -0.1) is 0 Å². The summed E-state index contributed by atoms with van der Waals surface area (Å²) >= 11 is 3.29. The van der Waals surface area contributed by atoms with Crippen molar-refractivity contribution in [3.8, 4) is 5.75 Å². The minimum absolute atomic E-state index is 0.109. The number of carbonyl (C=O) groups is 2. The van der Waals surface area contributed by atoms with E-state index in [0.29, 0.717) is 17.6 Å². The topological polar surface area (TPSA) is 55.4 Å². The van der Waals surface area contributed by atoms with Crippen LogP contribution in [0.3, 0.4) is 0 Å². The van der Waals surface area contributed by atoms with E-state index in [-0.39, 0.29) is 18.6 Å². The number of amides is 1. The molecule has 0 fully saturated rings. The maximum absolute atomic E-state index is 12.1. The number of carbonyl (C=O) groups excluding carboxylic acids is 2. The lowest BCUT2D eigenvalue weighted by atomic mass is 10.1. The third-order valence-corrected chi connectivity index (χ3v) is 4.22. The summed E-state index contributed by atoms with van der Waals surface area (Å²) in [6.07, 6.45) is 1.69. The van der Waals surface area contributed by atoms with Gasteiger partial charge in [0.15, 0.2) is 12.9 Å². The van der Waals surface area contributed by atoms with Crippen molar-refractivity contribution in [2.24, 2.45) is 0 Å². The first-order chi connectivity index (χ1) is 11.5. The Morgan fingerprint density at radius 1 is 1.25 bits per heavy atom. The number of aldehydes is 1. The molecule has 2 aromatic rings. The lowest BCUT2D eigenvalue weighted by Crippen LogP contribution is -2.31. The zero-order chi connectivity index (χ0) is 17.5. The van der Waals surface area contributed by atoms with Crippen LogP contribution < -0.4 is 10.1 Å². The van der Waals surface area contributed by atoms with Gasteiger partial charge in [-0.2, -0.15) is 0 Å². The summed E-state index contributed by atoms with van der Waals surface area (Å²) in [5.41, 5.74) is 2.70. The minimum Gasteiger partial charge on any atom is -0.483 e. The fraction of sp³-hybridized carbons (Fsp3) is 0.263.